The molecule has 4 bridgehead atoms. The molecule has 0 N–H and O–H groups in total. The van der Waals surface area contributed by atoms with Gasteiger partial charge in [0.2, 0.25) is 0 Å². The molecule has 3 aliphatic rings. The third-order valence-electron chi connectivity index (χ3n) is 11.8. The number of benzene rings is 6. The Morgan fingerprint density at radius 2 is 0.771 bits per heavy atom. The predicted molar refractivity (Wildman–Crippen MR) is 204 cm³/mol. The van der Waals surface area contributed by atoms with Gasteiger partial charge in [-0.15, -0.1) is 0 Å². The van der Waals surface area contributed by atoms with Gasteiger partial charge in [0.25, 0.3) is 0 Å². The first-order valence-corrected chi connectivity index (χ1v) is 24.3. The van der Waals surface area contributed by atoms with Crippen LogP contribution >= 0.6 is 0 Å². The molecule has 0 aromatic heterocycles. The zero-order valence-electron chi connectivity index (χ0n) is 28.2. The van der Waals surface area contributed by atoms with Gasteiger partial charge in [0.05, 0.1) is 0 Å². The second kappa shape index (κ2) is 11.1. The van der Waals surface area contributed by atoms with Crippen molar-refractivity contribution in [1.29, 1.82) is 0 Å². The molecule has 2 aliphatic carbocycles. The molecule has 2 unspecified atom stereocenters. The SMILES string of the molecule is CC1=C2c3c(-c4ccccc4)cccc3[CH]1[Ti]([CH3])([CH3])[CH]1C(C)=C(c3c(-c4ccccc4)cccc31)[Si]2(c1ccccc1)c1ccccc1. The molecule has 0 spiro atoms. The Morgan fingerprint density at radius 3 is 1.15 bits per heavy atom. The second-order valence-electron chi connectivity index (χ2n) is 14.6. The van der Waals surface area contributed by atoms with Gasteiger partial charge >= 0.3 is 292 Å². The van der Waals surface area contributed by atoms with E-state index in [2.05, 4.69) is 182 Å². The zero-order chi connectivity index (χ0) is 32.6. The van der Waals surface area contributed by atoms with Crippen molar-refractivity contribution in [2.45, 2.75) is 32.7 Å². The molecule has 1 heterocycles. The summed E-state index contributed by atoms with van der Waals surface area (Å²) in [5, 5.41) is 11.7. The molecule has 0 fully saturated rings. The summed E-state index contributed by atoms with van der Waals surface area (Å²) in [6.45, 7) is 5.08. The van der Waals surface area contributed by atoms with E-state index in [1.165, 1.54) is 43.8 Å². The molecule has 0 amide bonds. The summed E-state index contributed by atoms with van der Waals surface area (Å²) < 4.78 is 0.955. The van der Waals surface area contributed by atoms with E-state index in [4.69, 9.17) is 0 Å². The first-order chi connectivity index (χ1) is 23.5. The summed E-state index contributed by atoms with van der Waals surface area (Å²) >= 11 is -2.79. The molecule has 0 radical (unpaired) electrons. The molecular weight excluding hydrogens is 628 g/mol. The molecule has 2 heteroatoms. The van der Waals surface area contributed by atoms with Crippen molar-refractivity contribution in [1.82, 2.24) is 0 Å². The van der Waals surface area contributed by atoms with Crippen molar-refractivity contribution < 1.29 is 16.6 Å². The third-order valence-corrected chi connectivity index (χ3v) is 23.9. The Kier molecular flexibility index (Phi) is 6.93. The number of hydrogen-bond acceptors (Lipinski definition) is 0. The molecule has 1 aliphatic heterocycles. The fourth-order valence-electron chi connectivity index (χ4n) is 10.3. The van der Waals surface area contributed by atoms with Crippen molar-refractivity contribution in [2.24, 2.45) is 0 Å². The topological polar surface area (TPSA) is 0 Å². The molecule has 9 rings (SSSR count). The average Bonchev–Trinajstić information content (AvgIpc) is 3.63. The summed E-state index contributed by atoms with van der Waals surface area (Å²) in [7, 11) is -2.92. The molecule has 2 atom stereocenters. The van der Waals surface area contributed by atoms with Gasteiger partial charge in [0.1, 0.15) is 0 Å². The molecule has 0 saturated carbocycles. The van der Waals surface area contributed by atoms with Gasteiger partial charge in [-0.1, -0.05) is 0 Å². The fourth-order valence-corrected chi connectivity index (χ4v) is 24.4. The van der Waals surface area contributed by atoms with Gasteiger partial charge in [-0.25, -0.2) is 0 Å². The maximum absolute atomic E-state index is 2.92. The van der Waals surface area contributed by atoms with Crippen LogP contribution in [0.5, 0.6) is 0 Å². The Bertz CT molecular complexity index is 2100. The number of rotatable bonds is 4. The first-order valence-electron chi connectivity index (χ1n) is 17.4. The average molecular weight is 669 g/mol. The number of hydrogen-bond donors (Lipinski definition) is 0. The van der Waals surface area contributed by atoms with Gasteiger partial charge in [-0.05, 0) is 0 Å². The normalized spacial score (nSPS) is 19.8. The molecule has 6 aromatic rings. The fraction of sp³-hybridized carbons (Fsp3) is 0.130. The van der Waals surface area contributed by atoms with Crippen LogP contribution in [-0.2, 0) is 16.6 Å². The quantitative estimate of drug-likeness (QED) is 0.164. The van der Waals surface area contributed by atoms with Crippen LogP contribution in [-0.4, -0.2) is 8.07 Å². The van der Waals surface area contributed by atoms with Gasteiger partial charge in [-0.3, -0.25) is 0 Å². The van der Waals surface area contributed by atoms with E-state index in [0.29, 0.717) is 8.45 Å². The Hall–Kier alpha value is -4.27. The zero-order valence-corrected chi connectivity index (χ0v) is 30.7. The molecule has 0 nitrogen and oxygen atoms in total. The van der Waals surface area contributed by atoms with Crippen molar-refractivity contribution in [3.8, 4) is 22.3 Å². The molecule has 6 aromatic carbocycles. The summed E-state index contributed by atoms with van der Waals surface area (Å²) in [6.07, 6.45) is 0. The van der Waals surface area contributed by atoms with Crippen LogP contribution < -0.4 is 10.4 Å². The Balaban J connectivity index is 1.52. The van der Waals surface area contributed by atoms with Crippen LogP contribution in [0.3, 0.4) is 0 Å². The van der Waals surface area contributed by atoms with Crippen LogP contribution in [0.2, 0.25) is 10.5 Å². The second-order valence-corrected chi connectivity index (χ2v) is 25.7. The minimum atomic E-state index is -2.92. The first kappa shape index (κ1) is 29.8. The van der Waals surface area contributed by atoms with Gasteiger partial charge < -0.3 is 0 Å². The summed E-state index contributed by atoms with van der Waals surface area (Å²) in [4.78, 5) is 0. The molecule has 48 heavy (non-hydrogen) atoms. The van der Waals surface area contributed by atoms with E-state index in [9.17, 15) is 0 Å². The van der Waals surface area contributed by atoms with Gasteiger partial charge in [0, 0.05) is 0 Å². The van der Waals surface area contributed by atoms with Crippen molar-refractivity contribution >= 4 is 28.8 Å². The van der Waals surface area contributed by atoms with Crippen LogP contribution in [0.1, 0.15) is 44.5 Å². The van der Waals surface area contributed by atoms with E-state index >= 15 is 0 Å². The van der Waals surface area contributed by atoms with Crippen molar-refractivity contribution in [3.05, 3.63) is 191 Å². The molecule has 0 saturated heterocycles. The summed E-state index contributed by atoms with van der Waals surface area (Å²) in [5.41, 5.74) is 14.9. The van der Waals surface area contributed by atoms with E-state index in [1.807, 2.05) is 0 Å². The Morgan fingerprint density at radius 1 is 0.417 bits per heavy atom. The predicted octanol–water partition coefficient (Wildman–Crippen LogP) is 11.0. The van der Waals surface area contributed by atoms with E-state index < -0.39 is 24.7 Å². The summed E-state index contributed by atoms with van der Waals surface area (Å²) in [6, 6.07) is 60.2. The van der Waals surface area contributed by atoms with Crippen molar-refractivity contribution in [3.63, 3.8) is 0 Å². The van der Waals surface area contributed by atoms with Crippen LogP contribution in [0.15, 0.2) is 169 Å². The third kappa shape index (κ3) is 3.99. The summed E-state index contributed by atoms with van der Waals surface area (Å²) in [5.74, 6) is 0. The monoisotopic (exact) mass is 668 g/mol. The maximum atomic E-state index is 2.74. The standard InChI is InChI=1S/C44H34Si.2CH3.Ti/c1-31-29-35-21-15-27-39(33-17-7-3-8-18-33)41(35)43(31)45(37-23-11-5-12-24-37,38-25-13-6-14-26-38)44-32(2)30-36-22-16-28-40(42(36)44)34-19-9-4-10-20-34;;;/h3-30H,1-2H3;2*1H3;. The van der Waals surface area contributed by atoms with Crippen LogP contribution in [0.25, 0.3) is 32.6 Å². The number of allylic oxidation sites excluding steroid dienone is 2. The van der Waals surface area contributed by atoms with Crippen LogP contribution in [0.4, 0.5) is 0 Å². The van der Waals surface area contributed by atoms with Crippen LogP contribution in [0, 0.1) is 0 Å². The molecule has 232 valence electrons. The van der Waals surface area contributed by atoms with Gasteiger partial charge in [0.15, 0.2) is 0 Å². The van der Waals surface area contributed by atoms with E-state index in [-0.39, 0.29) is 0 Å². The van der Waals surface area contributed by atoms with E-state index in [0.717, 1.165) is 0 Å². The minimum absolute atomic E-state index is 0.478. The van der Waals surface area contributed by atoms with Crippen molar-refractivity contribution in [2.75, 3.05) is 0 Å². The number of fused-ring (bicyclic) bond motifs is 8. The Labute approximate surface area is 289 Å². The molecular formula is C46H40SiTi. The van der Waals surface area contributed by atoms with E-state index in [1.54, 1.807) is 32.7 Å². The van der Waals surface area contributed by atoms with Gasteiger partial charge in [-0.2, -0.15) is 0 Å².